The molecule has 0 spiro atoms. The molecular weight excluding hydrogens is 310 g/mol. The maximum atomic E-state index is 12.2. The SMILES string of the molecule is CN(C)C(CNC(=O)Nc1ccccc1)c1cccc2ccccc12. The number of hydrogen-bond acceptors (Lipinski definition) is 2. The second-order valence-electron chi connectivity index (χ2n) is 6.25. The molecule has 3 aromatic rings. The van der Waals surface area contributed by atoms with Crippen LogP contribution in [0.3, 0.4) is 0 Å². The fraction of sp³-hybridized carbons (Fsp3) is 0.190. The first-order valence-corrected chi connectivity index (χ1v) is 8.39. The lowest BCUT2D eigenvalue weighted by Crippen LogP contribution is -2.37. The number of hydrogen-bond donors (Lipinski definition) is 2. The molecule has 4 nitrogen and oxygen atoms in total. The molecule has 3 aromatic carbocycles. The van der Waals surface area contributed by atoms with Gasteiger partial charge in [-0.25, -0.2) is 4.79 Å². The summed E-state index contributed by atoms with van der Waals surface area (Å²) in [5, 5.41) is 8.27. The molecule has 4 heteroatoms. The van der Waals surface area contributed by atoms with Crippen molar-refractivity contribution in [3.05, 3.63) is 78.4 Å². The van der Waals surface area contributed by atoms with Crippen LogP contribution in [0.5, 0.6) is 0 Å². The Morgan fingerprint density at radius 3 is 2.36 bits per heavy atom. The first-order valence-electron chi connectivity index (χ1n) is 8.39. The van der Waals surface area contributed by atoms with Gasteiger partial charge in [0.1, 0.15) is 0 Å². The number of carbonyl (C=O) groups excluding carboxylic acids is 1. The highest BCUT2D eigenvalue weighted by Crippen LogP contribution is 2.26. The lowest BCUT2D eigenvalue weighted by atomic mass is 9.98. The number of carbonyl (C=O) groups is 1. The third-order valence-electron chi connectivity index (χ3n) is 4.29. The van der Waals surface area contributed by atoms with Crippen LogP contribution in [0.15, 0.2) is 72.8 Å². The molecule has 3 rings (SSSR count). The van der Waals surface area contributed by atoms with Crippen LogP contribution in [0, 0.1) is 0 Å². The van der Waals surface area contributed by atoms with Crippen molar-refractivity contribution < 1.29 is 4.79 Å². The molecule has 0 saturated carbocycles. The van der Waals surface area contributed by atoms with E-state index >= 15 is 0 Å². The number of urea groups is 1. The van der Waals surface area contributed by atoms with Crippen LogP contribution in [-0.4, -0.2) is 31.6 Å². The fourth-order valence-corrected chi connectivity index (χ4v) is 3.00. The highest BCUT2D eigenvalue weighted by atomic mass is 16.2. The molecule has 2 amide bonds. The predicted molar refractivity (Wildman–Crippen MR) is 104 cm³/mol. The van der Waals surface area contributed by atoms with Gasteiger partial charge >= 0.3 is 6.03 Å². The van der Waals surface area contributed by atoms with Crippen LogP contribution in [0.25, 0.3) is 10.8 Å². The Kier molecular flexibility index (Phi) is 5.31. The average Bonchev–Trinajstić information content (AvgIpc) is 2.62. The number of nitrogens with zero attached hydrogens (tertiary/aromatic N) is 1. The number of nitrogens with one attached hydrogen (secondary N) is 2. The zero-order valence-electron chi connectivity index (χ0n) is 14.6. The van der Waals surface area contributed by atoms with E-state index in [0.717, 1.165) is 5.69 Å². The Labute approximate surface area is 148 Å². The van der Waals surface area contributed by atoms with Crippen LogP contribution in [0.2, 0.25) is 0 Å². The topological polar surface area (TPSA) is 44.4 Å². The van der Waals surface area contributed by atoms with Gasteiger partial charge in [-0.2, -0.15) is 0 Å². The minimum absolute atomic E-state index is 0.0904. The molecule has 0 fully saturated rings. The van der Waals surface area contributed by atoms with Crippen LogP contribution < -0.4 is 10.6 Å². The third-order valence-corrected chi connectivity index (χ3v) is 4.29. The van der Waals surface area contributed by atoms with E-state index < -0.39 is 0 Å². The molecule has 0 bridgehead atoms. The maximum absolute atomic E-state index is 12.2. The van der Waals surface area contributed by atoms with Gasteiger partial charge < -0.3 is 15.5 Å². The molecule has 0 aliphatic heterocycles. The zero-order valence-corrected chi connectivity index (χ0v) is 14.6. The molecule has 0 aromatic heterocycles. The first kappa shape index (κ1) is 17.0. The smallest absolute Gasteiger partial charge is 0.319 e. The Morgan fingerprint density at radius 2 is 1.60 bits per heavy atom. The first-order chi connectivity index (χ1) is 12.1. The Hall–Kier alpha value is -2.85. The Bertz CT molecular complexity index is 841. The highest BCUT2D eigenvalue weighted by molar-refractivity contribution is 5.89. The number of benzene rings is 3. The largest absolute Gasteiger partial charge is 0.336 e. The van der Waals surface area contributed by atoms with Gasteiger partial charge in [-0.3, -0.25) is 0 Å². The quantitative estimate of drug-likeness (QED) is 0.732. The van der Waals surface area contributed by atoms with Gasteiger partial charge in [0.15, 0.2) is 0 Å². The molecule has 128 valence electrons. The summed E-state index contributed by atoms with van der Waals surface area (Å²) in [7, 11) is 4.06. The van der Waals surface area contributed by atoms with Crippen LogP contribution in [-0.2, 0) is 0 Å². The van der Waals surface area contributed by atoms with Crippen molar-refractivity contribution in [1.82, 2.24) is 10.2 Å². The maximum Gasteiger partial charge on any atom is 0.319 e. The van der Waals surface area contributed by atoms with E-state index in [9.17, 15) is 4.79 Å². The minimum Gasteiger partial charge on any atom is -0.336 e. The van der Waals surface area contributed by atoms with Gasteiger partial charge in [0.2, 0.25) is 0 Å². The summed E-state index contributed by atoms with van der Waals surface area (Å²) >= 11 is 0. The van der Waals surface area contributed by atoms with E-state index in [2.05, 4.69) is 45.9 Å². The summed E-state index contributed by atoms with van der Waals surface area (Å²) < 4.78 is 0. The molecule has 1 atom stereocenters. The standard InChI is InChI=1S/C21H23N3O/c1-24(2)20(15-22-21(25)23-17-11-4-3-5-12-17)19-14-8-10-16-9-6-7-13-18(16)19/h3-14,20H,15H2,1-2H3,(H2,22,23,25). The lowest BCUT2D eigenvalue weighted by Gasteiger charge is -2.26. The fourth-order valence-electron chi connectivity index (χ4n) is 3.00. The highest BCUT2D eigenvalue weighted by Gasteiger charge is 2.17. The summed E-state index contributed by atoms with van der Waals surface area (Å²) in [5.41, 5.74) is 2.00. The second-order valence-corrected chi connectivity index (χ2v) is 6.25. The summed E-state index contributed by atoms with van der Waals surface area (Å²) in [6.45, 7) is 0.527. The molecule has 2 N–H and O–H groups in total. The lowest BCUT2D eigenvalue weighted by molar-refractivity contribution is 0.243. The Balaban J connectivity index is 1.74. The number of fused-ring (bicyclic) bond motifs is 1. The average molecular weight is 333 g/mol. The summed E-state index contributed by atoms with van der Waals surface area (Å²) in [4.78, 5) is 14.3. The van der Waals surface area contributed by atoms with Crippen LogP contribution in [0.4, 0.5) is 10.5 Å². The molecule has 25 heavy (non-hydrogen) atoms. The zero-order chi connectivity index (χ0) is 17.6. The van der Waals surface area contributed by atoms with E-state index in [1.54, 1.807) is 0 Å². The van der Waals surface area contributed by atoms with Gasteiger partial charge in [-0.05, 0) is 42.6 Å². The van der Waals surface area contributed by atoms with Gasteiger partial charge in [0, 0.05) is 12.2 Å². The molecule has 0 aliphatic rings. The minimum atomic E-state index is -0.196. The van der Waals surface area contributed by atoms with E-state index in [0.29, 0.717) is 6.54 Å². The van der Waals surface area contributed by atoms with Crippen molar-refractivity contribution in [3.8, 4) is 0 Å². The van der Waals surface area contributed by atoms with Crippen molar-refractivity contribution in [1.29, 1.82) is 0 Å². The van der Waals surface area contributed by atoms with Crippen molar-refractivity contribution in [3.63, 3.8) is 0 Å². The van der Waals surface area contributed by atoms with Gasteiger partial charge in [-0.15, -0.1) is 0 Å². The van der Waals surface area contributed by atoms with E-state index in [1.165, 1.54) is 16.3 Å². The van der Waals surface area contributed by atoms with Gasteiger partial charge in [0.05, 0.1) is 6.04 Å². The number of para-hydroxylation sites is 1. The summed E-state index contributed by atoms with van der Waals surface area (Å²) in [6.07, 6.45) is 0. The van der Waals surface area contributed by atoms with Crippen molar-refractivity contribution in [2.45, 2.75) is 6.04 Å². The number of rotatable bonds is 5. The second kappa shape index (κ2) is 7.81. The molecule has 0 aliphatic carbocycles. The molecule has 0 radical (unpaired) electrons. The molecule has 1 unspecified atom stereocenters. The molecule has 0 saturated heterocycles. The summed E-state index contributed by atoms with van der Waals surface area (Å²) in [6, 6.07) is 24.0. The molecular formula is C21H23N3O. The number of anilines is 1. The molecule has 0 heterocycles. The van der Waals surface area contributed by atoms with Crippen molar-refractivity contribution in [2.75, 3.05) is 26.0 Å². The van der Waals surface area contributed by atoms with Gasteiger partial charge in [-0.1, -0.05) is 60.7 Å². The third kappa shape index (κ3) is 4.17. The Morgan fingerprint density at radius 1 is 0.920 bits per heavy atom. The number of likely N-dealkylation sites (N-methyl/N-ethyl adjacent to an activating group) is 1. The van der Waals surface area contributed by atoms with Crippen LogP contribution >= 0.6 is 0 Å². The van der Waals surface area contributed by atoms with Gasteiger partial charge in [0.25, 0.3) is 0 Å². The monoisotopic (exact) mass is 333 g/mol. The summed E-state index contributed by atoms with van der Waals surface area (Å²) in [5.74, 6) is 0. The predicted octanol–water partition coefficient (Wildman–Crippen LogP) is 4.26. The normalized spacial score (nSPS) is 12.1. The van der Waals surface area contributed by atoms with E-state index in [1.807, 2.05) is 56.6 Å². The van der Waals surface area contributed by atoms with Crippen LogP contribution in [0.1, 0.15) is 11.6 Å². The van der Waals surface area contributed by atoms with E-state index in [4.69, 9.17) is 0 Å². The van der Waals surface area contributed by atoms with Crippen molar-refractivity contribution in [2.24, 2.45) is 0 Å². The van der Waals surface area contributed by atoms with Crippen molar-refractivity contribution >= 4 is 22.5 Å². The number of amides is 2. The van der Waals surface area contributed by atoms with E-state index in [-0.39, 0.29) is 12.1 Å².